The number of methoxy groups -OCH3 is 1. The van der Waals surface area contributed by atoms with E-state index in [4.69, 9.17) is 22.7 Å². The molecule has 1 unspecified atom stereocenters. The van der Waals surface area contributed by atoms with Crippen molar-refractivity contribution in [2.24, 2.45) is 5.73 Å². The minimum absolute atomic E-state index is 0.141. The van der Waals surface area contributed by atoms with Crippen LogP contribution in [0.4, 0.5) is 0 Å². The zero-order chi connectivity index (χ0) is 13.8. The average molecular weight is 278 g/mol. The molecule has 0 radical (unpaired) electrons. The molecule has 0 aliphatic carbocycles. The molecule has 102 valence electrons. The summed E-state index contributed by atoms with van der Waals surface area (Å²) in [5.41, 5.74) is 7.34. The fraction of sp³-hybridized carbons (Fsp3) is 0.429. The van der Waals surface area contributed by atoms with Crippen molar-refractivity contribution < 1.29 is 9.53 Å². The molecule has 1 atom stereocenters. The van der Waals surface area contributed by atoms with Gasteiger partial charge in [0, 0.05) is 25.8 Å². The molecule has 1 heterocycles. The van der Waals surface area contributed by atoms with Crippen molar-refractivity contribution >= 4 is 23.1 Å². The van der Waals surface area contributed by atoms with Gasteiger partial charge in [0.05, 0.1) is 12.5 Å². The lowest BCUT2D eigenvalue weighted by Crippen LogP contribution is -2.31. The van der Waals surface area contributed by atoms with Gasteiger partial charge >= 0.3 is 0 Å². The third kappa shape index (κ3) is 3.52. The molecule has 0 bridgehead atoms. The first-order valence-electron chi connectivity index (χ1n) is 6.29. The first-order chi connectivity index (χ1) is 9.10. The lowest BCUT2D eigenvalue weighted by Gasteiger charge is -2.16. The van der Waals surface area contributed by atoms with E-state index in [0.29, 0.717) is 18.0 Å². The van der Waals surface area contributed by atoms with Gasteiger partial charge in [-0.3, -0.25) is 4.79 Å². The van der Waals surface area contributed by atoms with Gasteiger partial charge in [-0.1, -0.05) is 36.5 Å². The minimum atomic E-state index is 0.141. The van der Waals surface area contributed by atoms with Gasteiger partial charge in [0.2, 0.25) is 5.91 Å². The number of hydrogen-bond acceptors (Lipinski definition) is 3. The Kier molecular flexibility index (Phi) is 4.50. The van der Waals surface area contributed by atoms with Crippen molar-refractivity contribution in [1.29, 1.82) is 0 Å². The fourth-order valence-corrected chi connectivity index (χ4v) is 2.36. The molecule has 0 saturated carbocycles. The molecule has 5 heteroatoms. The second kappa shape index (κ2) is 6.12. The third-order valence-electron chi connectivity index (χ3n) is 3.42. The number of thiocarbonyl (C=S) groups is 1. The van der Waals surface area contributed by atoms with Crippen LogP contribution in [-0.2, 0) is 16.0 Å². The van der Waals surface area contributed by atoms with Crippen molar-refractivity contribution in [3.05, 3.63) is 35.4 Å². The van der Waals surface area contributed by atoms with Gasteiger partial charge in [-0.2, -0.15) is 0 Å². The fourth-order valence-electron chi connectivity index (χ4n) is 2.22. The Morgan fingerprint density at radius 3 is 2.68 bits per heavy atom. The van der Waals surface area contributed by atoms with E-state index < -0.39 is 0 Å². The number of nitrogens with zero attached hydrogens (tertiary/aromatic N) is 1. The summed E-state index contributed by atoms with van der Waals surface area (Å²) in [6.45, 7) is 1.47. The van der Waals surface area contributed by atoms with Gasteiger partial charge in [-0.15, -0.1) is 0 Å². The van der Waals surface area contributed by atoms with Crippen LogP contribution in [0.15, 0.2) is 24.3 Å². The van der Waals surface area contributed by atoms with Crippen LogP contribution in [0.5, 0.6) is 0 Å². The maximum Gasteiger partial charge on any atom is 0.227 e. The Labute approximate surface area is 118 Å². The van der Waals surface area contributed by atoms with Gasteiger partial charge in [0.15, 0.2) is 0 Å². The molecule has 2 N–H and O–H groups in total. The summed E-state index contributed by atoms with van der Waals surface area (Å²) in [5, 5.41) is 0. The summed E-state index contributed by atoms with van der Waals surface area (Å²) in [6.07, 6.45) is 1.51. The van der Waals surface area contributed by atoms with E-state index in [1.807, 2.05) is 29.2 Å². The van der Waals surface area contributed by atoms with Crippen LogP contribution >= 0.6 is 12.2 Å². The summed E-state index contributed by atoms with van der Waals surface area (Å²) in [6, 6.07) is 7.51. The van der Waals surface area contributed by atoms with Crippen molar-refractivity contribution in [1.82, 2.24) is 4.90 Å². The summed E-state index contributed by atoms with van der Waals surface area (Å²) >= 11 is 4.90. The number of benzene rings is 1. The van der Waals surface area contributed by atoms with Gasteiger partial charge in [-0.05, 0) is 12.0 Å². The predicted octanol–water partition coefficient (Wildman–Crippen LogP) is 1.11. The zero-order valence-corrected chi connectivity index (χ0v) is 11.8. The molecule has 4 nitrogen and oxygen atoms in total. The molecule has 1 aromatic carbocycles. The van der Waals surface area contributed by atoms with E-state index in [9.17, 15) is 4.79 Å². The molecule has 0 aromatic heterocycles. The van der Waals surface area contributed by atoms with E-state index in [2.05, 4.69) is 0 Å². The number of rotatable bonds is 4. The normalized spacial score (nSPS) is 18.6. The number of carbonyl (C=O) groups is 1. The molecule has 2 rings (SSSR count). The smallest absolute Gasteiger partial charge is 0.227 e. The maximum absolute atomic E-state index is 12.1. The first kappa shape index (κ1) is 14.0. The van der Waals surface area contributed by atoms with Crippen LogP contribution in [0.25, 0.3) is 0 Å². The summed E-state index contributed by atoms with van der Waals surface area (Å²) < 4.78 is 5.26. The second-order valence-corrected chi connectivity index (χ2v) is 5.16. The van der Waals surface area contributed by atoms with Gasteiger partial charge in [-0.25, -0.2) is 0 Å². The maximum atomic E-state index is 12.1. The molecule has 1 fully saturated rings. The van der Waals surface area contributed by atoms with Crippen LogP contribution in [0.1, 0.15) is 17.5 Å². The highest BCUT2D eigenvalue weighted by atomic mass is 32.1. The van der Waals surface area contributed by atoms with Crippen molar-refractivity contribution in [3.8, 4) is 0 Å². The summed E-state index contributed by atoms with van der Waals surface area (Å²) in [5.74, 6) is 0.141. The Balaban J connectivity index is 1.94. The first-order valence-corrected chi connectivity index (χ1v) is 6.70. The standard InChI is InChI=1S/C14H18N2O2S/c1-18-12-6-7-16(9-12)13(17)8-10-2-4-11(5-3-10)14(15)19/h2-5,12H,6-9H2,1H3,(H2,15,19). The van der Waals surface area contributed by atoms with Crippen molar-refractivity contribution in [2.45, 2.75) is 18.9 Å². The van der Waals surface area contributed by atoms with E-state index in [1.165, 1.54) is 0 Å². The largest absolute Gasteiger partial charge is 0.389 e. The number of hydrogen-bond donors (Lipinski definition) is 1. The van der Waals surface area contributed by atoms with Crippen LogP contribution in [0.2, 0.25) is 0 Å². The highest BCUT2D eigenvalue weighted by Gasteiger charge is 2.25. The van der Waals surface area contributed by atoms with Crippen molar-refractivity contribution in [2.75, 3.05) is 20.2 Å². The van der Waals surface area contributed by atoms with E-state index in [1.54, 1.807) is 7.11 Å². The zero-order valence-electron chi connectivity index (χ0n) is 11.0. The van der Waals surface area contributed by atoms with Crippen LogP contribution in [0.3, 0.4) is 0 Å². The SMILES string of the molecule is COC1CCN(C(=O)Cc2ccc(C(N)=S)cc2)C1. The number of amides is 1. The Morgan fingerprint density at radius 1 is 1.47 bits per heavy atom. The lowest BCUT2D eigenvalue weighted by atomic mass is 10.1. The van der Waals surface area contributed by atoms with Crippen LogP contribution in [-0.4, -0.2) is 42.1 Å². The molecular weight excluding hydrogens is 260 g/mol. The molecule has 1 saturated heterocycles. The topological polar surface area (TPSA) is 55.6 Å². The molecule has 1 aliphatic rings. The lowest BCUT2D eigenvalue weighted by molar-refractivity contribution is -0.129. The quantitative estimate of drug-likeness (QED) is 0.838. The van der Waals surface area contributed by atoms with E-state index in [-0.39, 0.29) is 12.0 Å². The second-order valence-electron chi connectivity index (χ2n) is 4.72. The molecule has 1 aromatic rings. The van der Waals surface area contributed by atoms with Crippen LogP contribution < -0.4 is 5.73 Å². The van der Waals surface area contributed by atoms with E-state index in [0.717, 1.165) is 24.1 Å². The van der Waals surface area contributed by atoms with Gasteiger partial charge < -0.3 is 15.4 Å². The van der Waals surface area contributed by atoms with Gasteiger partial charge in [0.1, 0.15) is 4.99 Å². The van der Waals surface area contributed by atoms with Crippen molar-refractivity contribution in [3.63, 3.8) is 0 Å². The van der Waals surface area contributed by atoms with E-state index >= 15 is 0 Å². The Morgan fingerprint density at radius 2 is 2.16 bits per heavy atom. The highest BCUT2D eigenvalue weighted by Crippen LogP contribution is 2.14. The summed E-state index contributed by atoms with van der Waals surface area (Å²) in [7, 11) is 1.69. The molecule has 19 heavy (non-hydrogen) atoms. The van der Waals surface area contributed by atoms with Gasteiger partial charge in [0.25, 0.3) is 0 Å². The molecule has 1 aliphatic heterocycles. The third-order valence-corrected chi connectivity index (χ3v) is 3.66. The number of likely N-dealkylation sites (tertiary alicyclic amines) is 1. The number of nitrogens with two attached hydrogens (primary N) is 1. The molecule has 1 amide bonds. The van der Waals surface area contributed by atoms with Crippen LogP contribution in [0, 0.1) is 0 Å². The predicted molar refractivity (Wildman–Crippen MR) is 78.0 cm³/mol. The average Bonchev–Trinajstić information content (AvgIpc) is 2.88. The number of ether oxygens (including phenoxy) is 1. The number of carbonyl (C=O) groups excluding carboxylic acids is 1. The highest BCUT2D eigenvalue weighted by molar-refractivity contribution is 7.80. The minimum Gasteiger partial charge on any atom is -0.389 e. The summed E-state index contributed by atoms with van der Waals surface area (Å²) in [4.78, 5) is 14.3. The monoisotopic (exact) mass is 278 g/mol. The Hall–Kier alpha value is -1.46. The molecule has 0 spiro atoms. The molecular formula is C14H18N2O2S. The Bertz CT molecular complexity index is 473.